The lowest BCUT2D eigenvalue weighted by Gasteiger charge is -2.25. The van der Waals surface area contributed by atoms with E-state index in [9.17, 15) is 4.79 Å². The van der Waals surface area contributed by atoms with Gasteiger partial charge in [0.25, 0.3) is 0 Å². The molecular formula is C23H30N4O3. The second kappa shape index (κ2) is 9.89. The van der Waals surface area contributed by atoms with E-state index in [4.69, 9.17) is 9.15 Å². The fraction of sp³-hybridized carbons (Fsp3) is 0.522. The van der Waals surface area contributed by atoms with Gasteiger partial charge in [0.2, 0.25) is 17.7 Å². The van der Waals surface area contributed by atoms with Crippen molar-refractivity contribution >= 4 is 16.8 Å². The Morgan fingerprint density at radius 2 is 2.00 bits per heavy atom. The highest BCUT2D eigenvalue weighted by atomic mass is 16.5. The number of hydrogen-bond acceptors (Lipinski definition) is 5. The summed E-state index contributed by atoms with van der Waals surface area (Å²) in [4.78, 5) is 17.5. The van der Waals surface area contributed by atoms with Crippen molar-refractivity contribution in [1.29, 1.82) is 0 Å². The van der Waals surface area contributed by atoms with Gasteiger partial charge in [0, 0.05) is 56.6 Å². The number of aromatic amines is 1. The number of fused-ring (bicyclic) bond motifs is 1. The second-order valence-electron chi connectivity index (χ2n) is 8.04. The van der Waals surface area contributed by atoms with Gasteiger partial charge in [0.1, 0.15) is 0 Å². The topological polar surface area (TPSA) is 84.2 Å². The van der Waals surface area contributed by atoms with E-state index in [0.717, 1.165) is 44.4 Å². The molecule has 7 nitrogen and oxygen atoms in total. The Balaban J connectivity index is 1.20. The predicted octanol–water partition coefficient (Wildman–Crippen LogP) is 3.69. The van der Waals surface area contributed by atoms with Crippen LogP contribution < -0.4 is 0 Å². The Morgan fingerprint density at radius 1 is 1.17 bits per heavy atom. The molecule has 0 saturated carbocycles. The quantitative estimate of drug-likeness (QED) is 0.582. The molecule has 7 heteroatoms. The van der Waals surface area contributed by atoms with Gasteiger partial charge < -0.3 is 19.0 Å². The number of aryl methyl sites for hydroxylation is 3. The number of ether oxygens (including phenoxy) is 1. The third kappa shape index (κ3) is 5.27. The molecule has 1 unspecified atom stereocenters. The van der Waals surface area contributed by atoms with Crippen LogP contribution in [0, 0.1) is 0 Å². The summed E-state index contributed by atoms with van der Waals surface area (Å²) in [5.74, 6) is 1.25. The maximum Gasteiger partial charge on any atom is 0.222 e. The Hall–Kier alpha value is -2.67. The molecule has 1 aliphatic heterocycles. The zero-order valence-electron chi connectivity index (χ0n) is 17.6. The first kappa shape index (κ1) is 20.6. The van der Waals surface area contributed by atoms with Crippen LogP contribution >= 0.6 is 0 Å². The van der Waals surface area contributed by atoms with Crippen molar-refractivity contribution in [2.45, 2.75) is 57.5 Å². The maximum absolute atomic E-state index is 12.4. The highest BCUT2D eigenvalue weighted by Gasteiger charge is 2.17. The van der Waals surface area contributed by atoms with E-state index in [-0.39, 0.29) is 5.91 Å². The molecule has 30 heavy (non-hydrogen) atoms. The molecule has 1 amide bonds. The average molecular weight is 411 g/mol. The van der Waals surface area contributed by atoms with E-state index in [1.807, 2.05) is 25.4 Å². The van der Waals surface area contributed by atoms with Crippen molar-refractivity contribution in [3.63, 3.8) is 0 Å². The number of amides is 1. The molecule has 1 saturated heterocycles. The minimum Gasteiger partial charge on any atom is -0.425 e. The number of para-hydroxylation sites is 1. The highest BCUT2D eigenvalue weighted by molar-refractivity contribution is 5.83. The van der Waals surface area contributed by atoms with Crippen LogP contribution in [0.2, 0.25) is 0 Å². The van der Waals surface area contributed by atoms with Gasteiger partial charge >= 0.3 is 0 Å². The first-order valence-corrected chi connectivity index (χ1v) is 10.9. The molecule has 160 valence electrons. The molecule has 1 atom stereocenters. The SMILES string of the molecule is CN(CCC1CCCCO1)C(=O)CCc1nnc(CCc2c[nH]c3ccccc23)o1. The number of benzene rings is 1. The molecule has 1 fully saturated rings. The van der Waals surface area contributed by atoms with Crippen molar-refractivity contribution in [2.24, 2.45) is 0 Å². The third-order valence-corrected chi connectivity index (χ3v) is 5.83. The first-order valence-electron chi connectivity index (χ1n) is 10.9. The van der Waals surface area contributed by atoms with Crippen LogP contribution in [-0.4, -0.2) is 52.3 Å². The van der Waals surface area contributed by atoms with E-state index in [0.29, 0.717) is 37.1 Å². The van der Waals surface area contributed by atoms with Gasteiger partial charge in [-0.05, 0) is 43.7 Å². The van der Waals surface area contributed by atoms with E-state index in [1.54, 1.807) is 4.90 Å². The number of nitrogens with one attached hydrogen (secondary N) is 1. The summed E-state index contributed by atoms with van der Waals surface area (Å²) in [5, 5.41) is 9.49. The summed E-state index contributed by atoms with van der Waals surface area (Å²) in [5.41, 5.74) is 2.38. The van der Waals surface area contributed by atoms with Crippen LogP contribution in [0.4, 0.5) is 0 Å². The number of carbonyl (C=O) groups excluding carboxylic acids is 1. The number of hydrogen-bond donors (Lipinski definition) is 1. The molecule has 0 bridgehead atoms. The number of carbonyl (C=O) groups is 1. The summed E-state index contributed by atoms with van der Waals surface area (Å²) in [6.45, 7) is 1.57. The molecule has 4 rings (SSSR count). The fourth-order valence-electron chi connectivity index (χ4n) is 3.97. The van der Waals surface area contributed by atoms with E-state index >= 15 is 0 Å². The number of H-pyrrole nitrogens is 1. The Labute approximate surface area is 176 Å². The van der Waals surface area contributed by atoms with E-state index in [1.165, 1.54) is 17.4 Å². The van der Waals surface area contributed by atoms with Crippen LogP contribution in [0.25, 0.3) is 10.9 Å². The summed E-state index contributed by atoms with van der Waals surface area (Å²) in [7, 11) is 1.85. The van der Waals surface area contributed by atoms with Crippen molar-refractivity contribution in [3.8, 4) is 0 Å². The van der Waals surface area contributed by atoms with Crippen molar-refractivity contribution in [3.05, 3.63) is 47.8 Å². The molecule has 0 aliphatic carbocycles. The van der Waals surface area contributed by atoms with Crippen molar-refractivity contribution < 1.29 is 13.9 Å². The molecule has 0 spiro atoms. The normalized spacial score (nSPS) is 16.8. The fourth-order valence-corrected chi connectivity index (χ4v) is 3.97. The second-order valence-corrected chi connectivity index (χ2v) is 8.04. The number of nitrogens with zero attached hydrogens (tertiary/aromatic N) is 3. The Kier molecular flexibility index (Phi) is 6.79. The lowest BCUT2D eigenvalue weighted by molar-refractivity contribution is -0.130. The standard InChI is InChI=1S/C23H30N4O3/c1-27(14-13-18-6-4-5-15-29-18)23(28)12-11-22-26-25-21(30-22)10-9-17-16-24-20-8-3-2-7-19(17)20/h2-3,7-8,16,18,24H,4-6,9-15H2,1H3. The zero-order valence-corrected chi connectivity index (χ0v) is 17.6. The van der Waals surface area contributed by atoms with Crippen LogP contribution in [0.3, 0.4) is 0 Å². The van der Waals surface area contributed by atoms with Crippen molar-refractivity contribution in [2.75, 3.05) is 20.2 Å². The molecule has 1 N–H and O–H groups in total. The molecule has 0 radical (unpaired) electrons. The first-order chi connectivity index (χ1) is 14.7. The van der Waals surface area contributed by atoms with Crippen LogP contribution in [0.5, 0.6) is 0 Å². The van der Waals surface area contributed by atoms with Gasteiger partial charge in [-0.3, -0.25) is 4.79 Å². The Bertz CT molecular complexity index is 958. The number of aromatic nitrogens is 3. The minimum atomic E-state index is 0.101. The maximum atomic E-state index is 12.4. The molecule has 1 aliphatic rings. The monoisotopic (exact) mass is 410 g/mol. The smallest absolute Gasteiger partial charge is 0.222 e. The summed E-state index contributed by atoms with van der Waals surface area (Å²) in [6, 6.07) is 8.25. The van der Waals surface area contributed by atoms with E-state index in [2.05, 4.69) is 27.3 Å². The summed E-state index contributed by atoms with van der Waals surface area (Å²) < 4.78 is 11.5. The van der Waals surface area contributed by atoms with Crippen molar-refractivity contribution in [1.82, 2.24) is 20.1 Å². The van der Waals surface area contributed by atoms with Gasteiger partial charge in [0.05, 0.1) is 6.10 Å². The van der Waals surface area contributed by atoms with Gasteiger partial charge in [-0.1, -0.05) is 18.2 Å². The highest BCUT2D eigenvalue weighted by Crippen LogP contribution is 2.19. The van der Waals surface area contributed by atoms with Gasteiger partial charge in [-0.25, -0.2) is 0 Å². The predicted molar refractivity (Wildman–Crippen MR) is 114 cm³/mol. The average Bonchev–Trinajstić information content (AvgIpc) is 3.42. The Morgan fingerprint density at radius 3 is 2.83 bits per heavy atom. The molecule has 2 aromatic heterocycles. The summed E-state index contributed by atoms with van der Waals surface area (Å²) >= 11 is 0. The molecule has 3 heterocycles. The molecule has 3 aromatic rings. The van der Waals surface area contributed by atoms with Crippen LogP contribution in [-0.2, 0) is 28.8 Å². The van der Waals surface area contributed by atoms with Gasteiger partial charge in [-0.2, -0.15) is 0 Å². The summed E-state index contributed by atoms with van der Waals surface area (Å²) in [6.07, 6.45) is 9.09. The largest absolute Gasteiger partial charge is 0.425 e. The van der Waals surface area contributed by atoms with E-state index < -0.39 is 0 Å². The third-order valence-electron chi connectivity index (χ3n) is 5.83. The molecular weight excluding hydrogens is 380 g/mol. The molecule has 1 aromatic carbocycles. The lowest BCUT2D eigenvalue weighted by Crippen LogP contribution is -2.31. The number of rotatable bonds is 9. The van der Waals surface area contributed by atoms with Crippen LogP contribution in [0.15, 0.2) is 34.9 Å². The minimum absolute atomic E-state index is 0.101. The zero-order chi connectivity index (χ0) is 20.8. The van der Waals surface area contributed by atoms with Gasteiger partial charge in [0.15, 0.2) is 0 Å². The lowest BCUT2D eigenvalue weighted by atomic mass is 10.1. The van der Waals surface area contributed by atoms with Gasteiger partial charge in [-0.15, -0.1) is 10.2 Å². The van der Waals surface area contributed by atoms with Crippen LogP contribution in [0.1, 0.15) is 49.4 Å².